The molecule has 0 bridgehead atoms. The molecule has 0 saturated heterocycles. The smallest absolute Gasteiger partial charge is 0.244 e. The lowest BCUT2D eigenvalue weighted by atomic mass is 10.2. The van der Waals surface area contributed by atoms with Gasteiger partial charge in [0.15, 0.2) is 0 Å². The van der Waals surface area contributed by atoms with Gasteiger partial charge in [-0.3, -0.25) is 4.79 Å². The van der Waals surface area contributed by atoms with Gasteiger partial charge >= 0.3 is 0 Å². The fourth-order valence-corrected chi connectivity index (χ4v) is 2.52. The second kappa shape index (κ2) is 7.74. The Morgan fingerprint density at radius 1 is 1.23 bits per heavy atom. The van der Waals surface area contributed by atoms with E-state index in [-0.39, 0.29) is 18.3 Å². The number of halogens is 2. The molecule has 1 amide bonds. The van der Waals surface area contributed by atoms with Crippen molar-refractivity contribution in [2.75, 3.05) is 0 Å². The highest BCUT2D eigenvalue weighted by Crippen LogP contribution is 2.16. The maximum absolute atomic E-state index is 14.3. The molecular formula is C20H17F2N3O. The molecule has 2 aromatic carbocycles. The summed E-state index contributed by atoms with van der Waals surface area (Å²) in [5, 5.41) is 2.67. The van der Waals surface area contributed by atoms with E-state index in [1.807, 2.05) is 0 Å². The maximum atomic E-state index is 14.3. The zero-order valence-electron chi connectivity index (χ0n) is 14.1. The van der Waals surface area contributed by atoms with E-state index >= 15 is 0 Å². The molecule has 0 spiro atoms. The summed E-state index contributed by atoms with van der Waals surface area (Å²) in [4.78, 5) is 15.9. The van der Waals surface area contributed by atoms with Crippen LogP contribution in [-0.4, -0.2) is 15.5 Å². The van der Waals surface area contributed by atoms with Crippen molar-refractivity contribution in [2.45, 2.75) is 13.5 Å². The van der Waals surface area contributed by atoms with E-state index in [0.29, 0.717) is 22.6 Å². The van der Waals surface area contributed by atoms with Gasteiger partial charge in [0.2, 0.25) is 5.91 Å². The van der Waals surface area contributed by atoms with Gasteiger partial charge in [0.25, 0.3) is 0 Å². The van der Waals surface area contributed by atoms with Gasteiger partial charge in [0.05, 0.1) is 5.69 Å². The maximum Gasteiger partial charge on any atom is 0.244 e. The standard InChI is InChI=1S/C20H17F2N3O/c1-14-23-9-10-25(14)19-7-5-16(12-18(19)22)13-24-20(26)8-6-15-3-2-4-17(21)11-15/h2-12H,13H2,1H3,(H,24,26). The van der Waals surface area contributed by atoms with Crippen LogP contribution in [0, 0.1) is 18.6 Å². The first-order chi connectivity index (χ1) is 12.5. The van der Waals surface area contributed by atoms with Gasteiger partial charge in [-0.2, -0.15) is 0 Å². The van der Waals surface area contributed by atoms with Gasteiger partial charge < -0.3 is 9.88 Å². The van der Waals surface area contributed by atoms with Crippen LogP contribution in [-0.2, 0) is 11.3 Å². The molecule has 0 aliphatic carbocycles. The lowest BCUT2D eigenvalue weighted by Gasteiger charge is -2.09. The predicted octanol–water partition coefficient (Wildman–Crippen LogP) is 3.79. The van der Waals surface area contributed by atoms with E-state index in [4.69, 9.17) is 0 Å². The molecule has 0 fully saturated rings. The van der Waals surface area contributed by atoms with E-state index in [9.17, 15) is 13.6 Å². The first-order valence-electron chi connectivity index (χ1n) is 8.03. The molecule has 1 aromatic heterocycles. The molecule has 132 valence electrons. The summed E-state index contributed by atoms with van der Waals surface area (Å²) in [6, 6.07) is 10.7. The number of amides is 1. The van der Waals surface area contributed by atoms with Crippen LogP contribution in [0.4, 0.5) is 8.78 Å². The number of carbonyl (C=O) groups excluding carboxylic acids is 1. The highest BCUT2D eigenvalue weighted by molar-refractivity contribution is 5.91. The molecule has 0 atom stereocenters. The SMILES string of the molecule is Cc1nccn1-c1ccc(CNC(=O)C=Cc2cccc(F)c2)cc1F. The summed E-state index contributed by atoms with van der Waals surface area (Å²) in [5.41, 5.74) is 1.63. The summed E-state index contributed by atoms with van der Waals surface area (Å²) in [5.74, 6) is -0.416. The van der Waals surface area contributed by atoms with Crippen LogP contribution in [0.15, 0.2) is 60.9 Å². The Hall–Kier alpha value is -3.28. The number of aromatic nitrogens is 2. The molecule has 3 rings (SSSR count). The van der Waals surface area contributed by atoms with Crippen molar-refractivity contribution < 1.29 is 13.6 Å². The van der Waals surface area contributed by atoms with Gasteiger partial charge in [-0.25, -0.2) is 13.8 Å². The molecule has 26 heavy (non-hydrogen) atoms. The highest BCUT2D eigenvalue weighted by Gasteiger charge is 2.08. The van der Waals surface area contributed by atoms with Crippen LogP contribution in [0.2, 0.25) is 0 Å². The summed E-state index contributed by atoms with van der Waals surface area (Å²) in [6.07, 6.45) is 6.12. The van der Waals surface area contributed by atoms with Crippen molar-refractivity contribution in [3.8, 4) is 5.69 Å². The second-order valence-electron chi connectivity index (χ2n) is 5.74. The molecule has 1 heterocycles. The summed E-state index contributed by atoms with van der Waals surface area (Å²) in [7, 11) is 0. The molecule has 4 nitrogen and oxygen atoms in total. The van der Waals surface area contributed by atoms with Gasteiger partial charge in [0.1, 0.15) is 17.5 Å². The minimum absolute atomic E-state index is 0.187. The predicted molar refractivity (Wildman–Crippen MR) is 95.5 cm³/mol. The van der Waals surface area contributed by atoms with Gasteiger partial charge in [0, 0.05) is 25.0 Å². The number of hydrogen-bond acceptors (Lipinski definition) is 2. The van der Waals surface area contributed by atoms with E-state index in [2.05, 4.69) is 10.3 Å². The zero-order valence-corrected chi connectivity index (χ0v) is 14.1. The third kappa shape index (κ3) is 4.22. The largest absolute Gasteiger partial charge is 0.348 e. The topological polar surface area (TPSA) is 46.9 Å². The Balaban J connectivity index is 1.62. The van der Waals surface area contributed by atoms with Crippen molar-refractivity contribution in [3.63, 3.8) is 0 Å². The first-order valence-corrected chi connectivity index (χ1v) is 8.03. The number of hydrogen-bond donors (Lipinski definition) is 1. The van der Waals surface area contributed by atoms with E-state index in [0.717, 1.165) is 0 Å². The number of benzene rings is 2. The minimum atomic E-state index is -0.395. The number of nitrogens with one attached hydrogen (secondary N) is 1. The van der Waals surface area contributed by atoms with Crippen LogP contribution in [0.25, 0.3) is 11.8 Å². The minimum Gasteiger partial charge on any atom is -0.348 e. The number of imidazole rings is 1. The van der Waals surface area contributed by atoms with Gasteiger partial charge in [-0.05, 0) is 48.4 Å². The number of rotatable bonds is 5. The third-order valence-electron chi connectivity index (χ3n) is 3.84. The molecule has 0 unspecified atom stereocenters. The lowest BCUT2D eigenvalue weighted by molar-refractivity contribution is -0.116. The number of carbonyl (C=O) groups is 1. The van der Waals surface area contributed by atoms with E-state index < -0.39 is 5.82 Å². The number of nitrogens with zero attached hydrogens (tertiary/aromatic N) is 2. The molecule has 0 saturated carbocycles. The zero-order chi connectivity index (χ0) is 18.5. The van der Waals surface area contributed by atoms with Crippen molar-refractivity contribution in [2.24, 2.45) is 0 Å². The van der Waals surface area contributed by atoms with Crippen molar-refractivity contribution in [1.29, 1.82) is 0 Å². The molecular weight excluding hydrogens is 336 g/mol. The Kier molecular flexibility index (Phi) is 5.22. The fraction of sp³-hybridized carbons (Fsp3) is 0.100. The molecule has 0 aliphatic heterocycles. The van der Waals surface area contributed by atoms with Crippen LogP contribution >= 0.6 is 0 Å². The average molecular weight is 353 g/mol. The van der Waals surface area contributed by atoms with Crippen LogP contribution in [0.1, 0.15) is 17.0 Å². The van der Waals surface area contributed by atoms with E-state index in [1.54, 1.807) is 48.1 Å². The molecule has 6 heteroatoms. The summed E-state index contributed by atoms with van der Waals surface area (Å²) >= 11 is 0. The van der Waals surface area contributed by atoms with Gasteiger partial charge in [-0.1, -0.05) is 18.2 Å². The Morgan fingerprint density at radius 2 is 2.08 bits per heavy atom. The first kappa shape index (κ1) is 17.5. The summed E-state index contributed by atoms with van der Waals surface area (Å²) in [6.45, 7) is 1.98. The third-order valence-corrected chi connectivity index (χ3v) is 3.84. The van der Waals surface area contributed by atoms with E-state index in [1.165, 1.54) is 30.4 Å². The molecule has 3 aromatic rings. The van der Waals surface area contributed by atoms with Crippen molar-refractivity contribution >= 4 is 12.0 Å². The Morgan fingerprint density at radius 3 is 2.77 bits per heavy atom. The molecule has 0 radical (unpaired) electrons. The fourth-order valence-electron chi connectivity index (χ4n) is 2.52. The molecule has 1 N–H and O–H groups in total. The van der Waals surface area contributed by atoms with Crippen LogP contribution in [0.3, 0.4) is 0 Å². The normalized spacial score (nSPS) is 11.0. The van der Waals surface area contributed by atoms with Crippen molar-refractivity contribution in [1.82, 2.24) is 14.9 Å². The average Bonchev–Trinajstić information content (AvgIpc) is 3.04. The Labute approximate surface area is 149 Å². The highest BCUT2D eigenvalue weighted by atomic mass is 19.1. The Bertz CT molecular complexity index is 963. The second-order valence-corrected chi connectivity index (χ2v) is 5.74. The van der Waals surface area contributed by atoms with Crippen LogP contribution < -0.4 is 5.32 Å². The quantitative estimate of drug-likeness (QED) is 0.710. The lowest BCUT2D eigenvalue weighted by Crippen LogP contribution is -2.20. The number of aryl methyl sites for hydroxylation is 1. The van der Waals surface area contributed by atoms with Crippen molar-refractivity contribution in [3.05, 3.63) is 89.5 Å². The molecule has 0 aliphatic rings. The monoisotopic (exact) mass is 353 g/mol. The van der Waals surface area contributed by atoms with Gasteiger partial charge in [-0.15, -0.1) is 0 Å². The van der Waals surface area contributed by atoms with Crippen LogP contribution in [0.5, 0.6) is 0 Å². The summed E-state index contributed by atoms with van der Waals surface area (Å²) < 4.78 is 29.0.